The number of hydrogen-bond acceptors (Lipinski definition) is 6. The summed E-state index contributed by atoms with van der Waals surface area (Å²) in [7, 11) is 0. The molecule has 0 aromatic heterocycles. The van der Waals surface area contributed by atoms with Crippen LogP contribution in [0.4, 0.5) is 4.79 Å². The van der Waals surface area contributed by atoms with E-state index in [0.29, 0.717) is 6.61 Å². The summed E-state index contributed by atoms with van der Waals surface area (Å²) >= 11 is 0. The molecule has 1 heterocycles. The summed E-state index contributed by atoms with van der Waals surface area (Å²) in [6.07, 6.45) is -1.46. The molecular formula is C7H12O6. The molecule has 0 radical (unpaired) electrons. The van der Waals surface area contributed by atoms with Crippen molar-refractivity contribution in [1.29, 1.82) is 0 Å². The largest absolute Gasteiger partial charge is 0.540 e. The molecule has 13 heavy (non-hydrogen) atoms. The zero-order valence-corrected chi connectivity index (χ0v) is 7.48. The summed E-state index contributed by atoms with van der Waals surface area (Å²) in [5.41, 5.74) is 0. The van der Waals surface area contributed by atoms with Crippen LogP contribution in [0.1, 0.15) is 13.8 Å². The fourth-order valence-corrected chi connectivity index (χ4v) is 1.03. The van der Waals surface area contributed by atoms with Crippen LogP contribution >= 0.6 is 0 Å². The average molecular weight is 192 g/mol. The van der Waals surface area contributed by atoms with E-state index in [1.807, 2.05) is 0 Å². The minimum Gasteiger partial charge on any atom is -0.429 e. The Morgan fingerprint density at radius 2 is 2.38 bits per heavy atom. The topological polar surface area (TPSA) is 74.2 Å². The van der Waals surface area contributed by atoms with Gasteiger partial charge in [-0.25, -0.2) is 4.79 Å². The lowest BCUT2D eigenvalue weighted by Gasteiger charge is -2.16. The second-order valence-corrected chi connectivity index (χ2v) is 3.10. The predicted octanol–water partition coefficient (Wildman–Crippen LogP) is 0.764. The number of carbonyl (C=O) groups is 1. The lowest BCUT2D eigenvalue weighted by atomic mass is 10.4. The van der Waals surface area contributed by atoms with Gasteiger partial charge in [-0.05, 0) is 13.8 Å². The minimum absolute atomic E-state index is 0.00280. The maximum Gasteiger partial charge on any atom is 0.540 e. The van der Waals surface area contributed by atoms with Crippen LogP contribution in [-0.4, -0.2) is 36.5 Å². The first kappa shape index (κ1) is 10.2. The van der Waals surface area contributed by atoms with E-state index >= 15 is 0 Å². The Hall–Kier alpha value is -0.850. The van der Waals surface area contributed by atoms with Gasteiger partial charge in [0.2, 0.25) is 0 Å². The maximum atomic E-state index is 10.3. The van der Waals surface area contributed by atoms with Crippen molar-refractivity contribution in [3.8, 4) is 0 Å². The summed E-state index contributed by atoms with van der Waals surface area (Å²) in [6, 6.07) is 0. The number of ether oxygens (including phenoxy) is 3. The molecule has 6 heteroatoms. The van der Waals surface area contributed by atoms with E-state index in [1.54, 1.807) is 13.8 Å². The summed E-state index contributed by atoms with van der Waals surface area (Å²) in [5.74, 6) is -0.642. The summed E-state index contributed by atoms with van der Waals surface area (Å²) in [4.78, 5) is 13.6. The van der Waals surface area contributed by atoms with Gasteiger partial charge in [0.05, 0.1) is 6.61 Å². The van der Waals surface area contributed by atoms with Gasteiger partial charge >= 0.3 is 6.16 Å². The van der Waals surface area contributed by atoms with Gasteiger partial charge in [0.15, 0.2) is 5.79 Å². The monoisotopic (exact) mass is 192 g/mol. The van der Waals surface area contributed by atoms with Crippen LogP contribution in [0.3, 0.4) is 0 Å². The van der Waals surface area contributed by atoms with Gasteiger partial charge in [0.25, 0.3) is 0 Å². The Morgan fingerprint density at radius 3 is 2.85 bits per heavy atom. The molecule has 1 saturated heterocycles. The van der Waals surface area contributed by atoms with E-state index in [0.717, 1.165) is 0 Å². The highest BCUT2D eigenvalue weighted by atomic mass is 17.1. The Bertz CT molecular complexity index is 189. The Balaban J connectivity index is 2.21. The quantitative estimate of drug-likeness (QED) is 0.395. The smallest absolute Gasteiger partial charge is 0.429 e. The normalized spacial score (nSPS) is 25.6. The zero-order chi connectivity index (χ0) is 9.90. The molecule has 0 aromatic carbocycles. The maximum absolute atomic E-state index is 10.3. The van der Waals surface area contributed by atoms with Gasteiger partial charge < -0.3 is 14.2 Å². The van der Waals surface area contributed by atoms with E-state index in [1.165, 1.54) is 0 Å². The standard InChI is InChI=1S/C7H12O6/c1-7(2)11-4-5(12-7)3-10-6(8)13-9/h5,9H,3-4H2,1-2H3. The third-order valence-corrected chi connectivity index (χ3v) is 1.53. The first-order chi connectivity index (χ1) is 6.03. The SMILES string of the molecule is CC1(C)OCC(COC(=O)OO)O1. The van der Waals surface area contributed by atoms with Crippen molar-refractivity contribution in [3.05, 3.63) is 0 Å². The summed E-state index contributed by atoms with van der Waals surface area (Å²) < 4.78 is 15.0. The van der Waals surface area contributed by atoms with Gasteiger partial charge in [-0.3, -0.25) is 4.89 Å². The zero-order valence-electron chi connectivity index (χ0n) is 7.48. The third-order valence-electron chi connectivity index (χ3n) is 1.53. The Morgan fingerprint density at radius 1 is 1.69 bits per heavy atom. The van der Waals surface area contributed by atoms with Crippen molar-refractivity contribution in [3.63, 3.8) is 0 Å². The van der Waals surface area contributed by atoms with Crippen LogP contribution in [-0.2, 0) is 19.1 Å². The molecule has 6 nitrogen and oxygen atoms in total. The van der Waals surface area contributed by atoms with Crippen LogP contribution in [0.15, 0.2) is 0 Å². The van der Waals surface area contributed by atoms with Gasteiger partial charge in [0, 0.05) is 0 Å². The minimum atomic E-state index is -1.15. The second kappa shape index (κ2) is 3.91. The van der Waals surface area contributed by atoms with Crippen molar-refractivity contribution in [1.82, 2.24) is 0 Å². The highest BCUT2D eigenvalue weighted by molar-refractivity contribution is 5.58. The molecule has 0 aliphatic carbocycles. The summed E-state index contributed by atoms with van der Waals surface area (Å²) in [5, 5.41) is 7.86. The fourth-order valence-electron chi connectivity index (χ4n) is 1.03. The fraction of sp³-hybridized carbons (Fsp3) is 0.857. The van der Waals surface area contributed by atoms with Gasteiger partial charge in [-0.15, -0.1) is 0 Å². The molecule has 76 valence electrons. The van der Waals surface area contributed by atoms with Crippen LogP contribution < -0.4 is 0 Å². The number of rotatable bonds is 2. The molecule has 1 unspecified atom stereocenters. The van der Waals surface area contributed by atoms with Crippen molar-refractivity contribution in [2.45, 2.75) is 25.7 Å². The van der Waals surface area contributed by atoms with E-state index in [-0.39, 0.29) is 12.7 Å². The number of hydrogen-bond donors (Lipinski definition) is 1. The molecule has 0 aromatic rings. The molecule has 1 aliphatic heterocycles. The second-order valence-electron chi connectivity index (χ2n) is 3.10. The molecule has 0 spiro atoms. The van der Waals surface area contributed by atoms with Crippen LogP contribution in [0.25, 0.3) is 0 Å². The third kappa shape index (κ3) is 3.17. The highest BCUT2D eigenvalue weighted by Crippen LogP contribution is 2.22. The van der Waals surface area contributed by atoms with Crippen LogP contribution in [0, 0.1) is 0 Å². The van der Waals surface area contributed by atoms with Gasteiger partial charge in [-0.2, -0.15) is 5.26 Å². The molecule has 1 fully saturated rings. The number of carbonyl (C=O) groups excluding carboxylic acids is 1. The summed E-state index contributed by atoms with van der Waals surface area (Å²) in [6.45, 7) is 3.88. The van der Waals surface area contributed by atoms with Crippen LogP contribution in [0.2, 0.25) is 0 Å². The Kier molecular flexibility index (Phi) is 3.07. The van der Waals surface area contributed by atoms with Gasteiger partial charge in [0.1, 0.15) is 12.7 Å². The van der Waals surface area contributed by atoms with E-state index in [2.05, 4.69) is 9.62 Å². The van der Waals surface area contributed by atoms with Crippen molar-refractivity contribution in [2.75, 3.05) is 13.2 Å². The Labute approximate surface area is 75.3 Å². The van der Waals surface area contributed by atoms with Gasteiger partial charge in [-0.1, -0.05) is 0 Å². The molecule has 0 saturated carbocycles. The highest BCUT2D eigenvalue weighted by Gasteiger charge is 2.33. The lowest BCUT2D eigenvalue weighted by molar-refractivity contribution is -0.204. The van der Waals surface area contributed by atoms with E-state index in [4.69, 9.17) is 14.7 Å². The average Bonchev–Trinajstić information content (AvgIpc) is 2.41. The molecule has 1 atom stereocenters. The molecule has 1 N–H and O–H groups in total. The molecule has 1 rings (SSSR count). The van der Waals surface area contributed by atoms with E-state index < -0.39 is 11.9 Å². The predicted molar refractivity (Wildman–Crippen MR) is 40.0 cm³/mol. The molecule has 0 bridgehead atoms. The molecule has 1 aliphatic rings. The first-order valence-corrected chi connectivity index (χ1v) is 3.83. The van der Waals surface area contributed by atoms with Crippen molar-refractivity contribution < 1.29 is 29.1 Å². The molecular weight excluding hydrogens is 180 g/mol. The van der Waals surface area contributed by atoms with E-state index in [9.17, 15) is 4.79 Å². The van der Waals surface area contributed by atoms with Crippen LogP contribution in [0.5, 0.6) is 0 Å². The molecule has 0 amide bonds. The van der Waals surface area contributed by atoms with Crippen molar-refractivity contribution >= 4 is 6.16 Å². The first-order valence-electron chi connectivity index (χ1n) is 3.83. The van der Waals surface area contributed by atoms with Crippen molar-refractivity contribution in [2.24, 2.45) is 0 Å². The lowest BCUT2D eigenvalue weighted by Crippen LogP contribution is -2.25.